The summed E-state index contributed by atoms with van der Waals surface area (Å²) in [6.45, 7) is 1.83. The highest BCUT2D eigenvalue weighted by Gasteiger charge is 2.40. The third kappa shape index (κ3) is 3.19. The molecule has 0 aliphatic heterocycles. The molecule has 0 amide bonds. The third-order valence-corrected chi connectivity index (χ3v) is 5.06. The third-order valence-electron chi connectivity index (χ3n) is 2.72. The molecule has 0 saturated carbocycles. The van der Waals surface area contributed by atoms with Gasteiger partial charge >= 0.3 is 6.18 Å². The number of benzene rings is 1. The smallest absolute Gasteiger partial charge is 0.379 e. The number of halogens is 5. The second kappa shape index (κ2) is 5.67. The van der Waals surface area contributed by atoms with Crippen LogP contribution in [0.15, 0.2) is 28.7 Å². The monoisotopic (exact) mass is 384 g/mol. The van der Waals surface area contributed by atoms with Crippen LogP contribution in [0.3, 0.4) is 0 Å². The van der Waals surface area contributed by atoms with E-state index in [0.717, 1.165) is 22.5 Å². The number of hydrogen-bond donors (Lipinski definition) is 1. The molecule has 1 unspecified atom stereocenters. The maximum Gasteiger partial charge on any atom is 0.419 e. The summed E-state index contributed by atoms with van der Waals surface area (Å²) in [5.74, 6) is 0. The van der Waals surface area contributed by atoms with Crippen molar-refractivity contribution in [1.82, 2.24) is 0 Å². The lowest BCUT2D eigenvalue weighted by molar-refractivity contribution is -0.205. The van der Waals surface area contributed by atoms with Gasteiger partial charge in [0.1, 0.15) is 0 Å². The van der Waals surface area contributed by atoms with Crippen LogP contribution in [0.5, 0.6) is 0 Å². The van der Waals surface area contributed by atoms with Crippen LogP contribution in [0.4, 0.5) is 13.2 Å². The van der Waals surface area contributed by atoms with Gasteiger partial charge in [0.05, 0.1) is 0 Å². The van der Waals surface area contributed by atoms with Crippen LogP contribution < -0.4 is 0 Å². The van der Waals surface area contributed by atoms with Gasteiger partial charge in [-0.25, -0.2) is 0 Å². The molecule has 2 rings (SSSR count). The van der Waals surface area contributed by atoms with E-state index in [1.165, 1.54) is 6.07 Å². The van der Waals surface area contributed by atoms with Gasteiger partial charge in [0.15, 0.2) is 6.10 Å². The maximum absolute atomic E-state index is 12.5. The molecule has 7 heteroatoms. The molecule has 1 aromatic carbocycles. The molecule has 0 saturated heterocycles. The lowest BCUT2D eigenvalue weighted by Crippen LogP contribution is -2.18. The van der Waals surface area contributed by atoms with Crippen molar-refractivity contribution in [3.63, 3.8) is 0 Å². The van der Waals surface area contributed by atoms with Crippen molar-refractivity contribution in [3.8, 4) is 10.4 Å². The molecule has 0 bridgehead atoms. The molecule has 0 fully saturated rings. The van der Waals surface area contributed by atoms with E-state index in [9.17, 15) is 18.3 Å². The van der Waals surface area contributed by atoms with Gasteiger partial charge in [-0.3, -0.25) is 0 Å². The number of aliphatic hydroxyl groups is 1. The summed E-state index contributed by atoms with van der Waals surface area (Å²) >= 11 is 10.0. The molecule has 0 aliphatic carbocycles. The Hall–Kier alpha value is -0.560. The van der Waals surface area contributed by atoms with Gasteiger partial charge in [0.25, 0.3) is 0 Å². The van der Waals surface area contributed by atoms with E-state index in [-0.39, 0.29) is 4.88 Å². The highest BCUT2D eigenvalue weighted by molar-refractivity contribution is 9.10. The fraction of sp³-hybridized carbons (Fsp3) is 0.231. The Bertz CT molecular complexity index is 639. The van der Waals surface area contributed by atoms with Crippen molar-refractivity contribution < 1.29 is 18.3 Å². The standard InChI is InChI=1S/C13H9BrClF3OS/c1-6-4-7(15)2-3-8(6)11-9(14)5-10(20-11)12(19)13(16,17)18/h2-5,12,19H,1H3. The molecule has 108 valence electrons. The largest absolute Gasteiger partial charge is 0.419 e. The number of hydrogen-bond acceptors (Lipinski definition) is 2. The average Bonchev–Trinajstić information content (AvgIpc) is 2.69. The first-order valence-corrected chi connectivity index (χ1v) is 7.49. The minimum Gasteiger partial charge on any atom is -0.379 e. The molecule has 0 radical (unpaired) electrons. The summed E-state index contributed by atoms with van der Waals surface area (Å²) in [6, 6.07) is 6.46. The second-order valence-corrected chi connectivity index (χ2v) is 6.60. The Kier molecular flexibility index (Phi) is 4.49. The lowest BCUT2D eigenvalue weighted by Gasteiger charge is -2.12. The SMILES string of the molecule is Cc1cc(Cl)ccc1-c1sc(C(O)C(F)(F)F)cc1Br. The average molecular weight is 386 g/mol. The summed E-state index contributed by atoms with van der Waals surface area (Å²) in [6.07, 6.45) is -7.14. The Morgan fingerprint density at radius 3 is 2.50 bits per heavy atom. The highest BCUT2D eigenvalue weighted by atomic mass is 79.9. The van der Waals surface area contributed by atoms with Gasteiger partial charge in [-0.2, -0.15) is 13.2 Å². The Balaban J connectivity index is 2.47. The van der Waals surface area contributed by atoms with Crippen LogP contribution in [0, 0.1) is 6.92 Å². The summed E-state index contributed by atoms with van der Waals surface area (Å²) in [5.41, 5.74) is 1.64. The number of aliphatic hydroxyl groups excluding tert-OH is 1. The van der Waals surface area contributed by atoms with Crippen molar-refractivity contribution in [3.05, 3.63) is 44.2 Å². The normalized spacial score (nSPS) is 13.6. The number of thiophene rings is 1. The molecule has 1 nitrogen and oxygen atoms in total. The highest BCUT2D eigenvalue weighted by Crippen LogP contribution is 2.44. The first kappa shape index (κ1) is 15.8. The van der Waals surface area contributed by atoms with Crippen molar-refractivity contribution >= 4 is 38.9 Å². The summed E-state index contributed by atoms with van der Waals surface area (Å²) in [7, 11) is 0. The zero-order valence-electron chi connectivity index (χ0n) is 10.1. The molecule has 20 heavy (non-hydrogen) atoms. The quantitative estimate of drug-likeness (QED) is 0.699. The molecule has 1 heterocycles. The predicted molar refractivity (Wildman–Crippen MR) is 78.2 cm³/mol. The van der Waals surface area contributed by atoms with E-state index < -0.39 is 12.3 Å². The van der Waals surface area contributed by atoms with Crippen molar-refractivity contribution in [2.75, 3.05) is 0 Å². The molecule has 1 N–H and O–H groups in total. The lowest BCUT2D eigenvalue weighted by atomic mass is 10.1. The minimum atomic E-state index is -4.67. The van der Waals surface area contributed by atoms with E-state index in [4.69, 9.17) is 11.6 Å². The van der Waals surface area contributed by atoms with Crippen molar-refractivity contribution in [2.24, 2.45) is 0 Å². The van der Waals surface area contributed by atoms with Crippen LogP contribution >= 0.6 is 38.9 Å². The zero-order chi connectivity index (χ0) is 15.1. The van der Waals surface area contributed by atoms with Gasteiger partial charge in [-0.15, -0.1) is 11.3 Å². The number of rotatable bonds is 2. The molecule has 0 aliphatic rings. The van der Waals surface area contributed by atoms with Crippen molar-refractivity contribution in [1.29, 1.82) is 0 Å². The van der Waals surface area contributed by atoms with E-state index in [1.807, 2.05) is 6.92 Å². The topological polar surface area (TPSA) is 20.2 Å². The predicted octanol–water partition coefficient (Wildman–Crippen LogP) is 5.74. The van der Waals surface area contributed by atoms with Gasteiger partial charge in [0.2, 0.25) is 0 Å². The minimum absolute atomic E-state index is 0.145. The Labute approximate surface area is 131 Å². The number of alkyl halides is 3. The Morgan fingerprint density at radius 1 is 1.30 bits per heavy atom. The van der Waals surface area contributed by atoms with E-state index in [0.29, 0.717) is 14.4 Å². The van der Waals surface area contributed by atoms with E-state index >= 15 is 0 Å². The van der Waals surface area contributed by atoms with E-state index in [1.54, 1.807) is 18.2 Å². The summed E-state index contributed by atoms with van der Waals surface area (Å²) in [4.78, 5) is 0.492. The molecule has 1 atom stereocenters. The molecule has 2 aromatic rings. The zero-order valence-corrected chi connectivity index (χ0v) is 13.3. The van der Waals surface area contributed by atoms with Crippen LogP contribution in [0.1, 0.15) is 16.5 Å². The van der Waals surface area contributed by atoms with Crippen LogP contribution in [0.2, 0.25) is 5.02 Å². The van der Waals surface area contributed by atoms with Crippen molar-refractivity contribution in [2.45, 2.75) is 19.2 Å². The molecule has 0 spiro atoms. The summed E-state index contributed by atoms with van der Waals surface area (Å²) < 4.78 is 38.1. The maximum atomic E-state index is 12.5. The molecular formula is C13H9BrClF3OS. The Morgan fingerprint density at radius 2 is 1.95 bits per heavy atom. The van der Waals surface area contributed by atoms with E-state index in [2.05, 4.69) is 15.9 Å². The summed E-state index contributed by atoms with van der Waals surface area (Å²) in [5, 5.41) is 9.86. The fourth-order valence-electron chi connectivity index (χ4n) is 1.75. The van der Waals surface area contributed by atoms with Crippen LogP contribution in [-0.2, 0) is 0 Å². The van der Waals surface area contributed by atoms with Gasteiger partial charge in [0, 0.05) is 19.2 Å². The molecular weight excluding hydrogens is 377 g/mol. The van der Waals surface area contributed by atoms with Gasteiger partial charge < -0.3 is 5.11 Å². The van der Waals surface area contributed by atoms with Gasteiger partial charge in [-0.05, 0) is 52.2 Å². The first-order chi connectivity index (χ1) is 9.20. The number of aryl methyl sites for hydroxylation is 1. The van der Waals surface area contributed by atoms with Crippen LogP contribution in [-0.4, -0.2) is 11.3 Å². The second-order valence-electron chi connectivity index (χ2n) is 4.23. The van der Waals surface area contributed by atoms with Crippen LogP contribution in [0.25, 0.3) is 10.4 Å². The molecule has 1 aromatic heterocycles. The first-order valence-electron chi connectivity index (χ1n) is 5.50. The fourth-order valence-corrected chi connectivity index (χ4v) is 3.98. The van der Waals surface area contributed by atoms with Gasteiger partial charge in [-0.1, -0.05) is 17.7 Å².